The Morgan fingerprint density at radius 2 is 1.62 bits per heavy atom. The molecule has 1 amide bonds. The van der Waals surface area contributed by atoms with Gasteiger partial charge in [-0.2, -0.15) is 5.06 Å². The highest BCUT2D eigenvalue weighted by molar-refractivity contribution is 6.37. The Kier molecular flexibility index (Phi) is 10.1. The summed E-state index contributed by atoms with van der Waals surface area (Å²) in [5.41, 5.74) is 0. The third kappa shape index (κ3) is 7.34. The van der Waals surface area contributed by atoms with Crippen LogP contribution in [0.5, 0.6) is 0 Å². The predicted molar refractivity (Wildman–Crippen MR) is 118 cm³/mol. The number of nitrogens with zero attached hydrogens (tertiary/aromatic N) is 1. The zero-order chi connectivity index (χ0) is 22.8. The van der Waals surface area contributed by atoms with E-state index in [1.165, 1.54) is 0 Å². The summed E-state index contributed by atoms with van der Waals surface area (Å²) in [5, 5.41) is 0.884. The van der Waals surface area contributed by atoms with Crippen molar-refractivity contribution in [3.8, 4) is 0 Å². The summed E-state index contributed by atoms with van der Waals surface area (Å²) in [6, 6.07) is -0.777. The van der Waals surface area contributed by atoms with Crippen LogP contribution >= 0.6 is 0 Å². The normalized spacial score (nSPS) is 30.5. The van der Waals surface area contributed by atoms with E-state index < -0.39 is 17.7 Å². The van der Waals surface area contributed by atoms with E-state index in [0.29, 0.717) is 44.4 Å². The number of fused-ring (bicyclic) bond motifs is 3. The monoisotopic (exact) mass is 447 g/mol. The molecule has 3 atom stereocenters. The molecule has 3 unspecified atom stereocenters. The van der Waals surface area contributed by atoms with Crippen molar-refractivity contribution in [3.63, 3.8) is 0 Å². The highest BCUT2D eigenvalue weighted by atomic mass is 17.3. The maximum Gasteiger partial charge on any atom is 0.316 e. The summed E-state index contributed by atoms with van der Waals surface area (Å²) in [4.78, 5) is 60.7. The minimum absolute atomic E-state index is 0.115. The van der Waals surface area contributed by atoms with Crippen molar-refractivity contribution >= 4 is 23.3 Å². The molecular weight excluding hydrogens is 410 g/mol. The number of rotatable bonds is 0. The van der Waals surface area contributed by atoms with Gasteiger partial charge in [-0.05, 0) is 44.4 Å². The minimum Gasteiger partial charge on any atom is -0.299 e. The topological polar surface area (TPSA) is 90.0 Å². The lowest BCUT2D eigenvalue weighted by Crippen LogP contribution is -2.52. The zero-order valence-corrected chi connectivity index (χ0v) is 19.1. The molecule has 0 aromatic heterocycles. The van der Waals surface area contributed by atoms with Gasteiger partial charge in [-0.3, -0.25) is 19.2 Å². The van der Waals surface area contributed by atoms with Gasteiger partial charge in [-0.25, -0.2) is 4.89 Å². The molecule has 2 aliphatic heterocycles. The smallest absolute Gasteiger partial charge is 0.299 e. The first-order chi connectivity index (χ1) is 15.6. The van der Waals surface area contributed by atoms with E-state index in [9.17, 15) is 19.2 Å². The van der Waals surface area contributed by atoms with E-state index in [0.717, 1.165) is 62.9 Å². The average molecular weight is 448 g/mol. The number of Topliss-reactive ketones (excluding diaryl/α,β-unsaturated/α-hetero) is 3. The molecule has 178 valence electrons. The van der Waals surface area contributed by atoms with Gasteiger partial charge in [0.1, 0.15) is 11.8 Å². The van der Waals surface area contributed by atoms with Crippen LogP contribution < -0.4 is 0 Å². The van der Waals surface area contributed by atoms with Crippen LogP contribution in [0.1, 0.15) is 96.3 Å². The van der Waals surface area contributed by atoms with Gasteiger partial charge < -0.3 is 0 Å². The van der Waals surface area contributed by atoms with Crippen molar-refractivity contribution in [2.24, 2.45) is 11.8 Å². The van der Waals surface area contributed by atoms with Crippen molar-refractivity contribution in [2.45, 2.75) is 102 Å². The Bertz CT molecular complexity index is 703. The van der Waals surface area contributed by atoms with Crippen molar-refractivity contribution in [3.05, 3.63) is 12.2 Å². The Morgan fingerprint density at radius 1 is 0.812 bits per heavy atom. The van der Waals surface area contributed by atoms with Gasteiger partial charge >= 0.3 is 5.91 Å². The van der Waals surface area contributed by atoms with Crippen LogP contribution in [0.25, 0.3) is 0 Å². The number of allylic oxidation sites excluding steroid dienone is 2. The third-order valence-corrected chi connectivity index (χ3v) is 6.95. The molecule has 0 spiro atoms. The zero-order valence-electron chi connectivity index (χ0n) is 19.1. The second-order valence-corrected chi connectivity index (χ2v) is 9.45. The van der Waals surface area contributed by atoms with Crippen molar-refractivity contribution < 1.29 is 29.1 Å². The first kappa shape index (κ1) is 24.8. The summed E-state index contributed by atoms with van der Waals surface area (Å²) < 4.78 is 0. The second kappa shape index (κ2) is 13.0. The molecule has 0 aromatic carbocycles. The van der Waals surface area contributed by atoms with Gasteiger partial charge in [-0.15, -0.1) is 4.99 Å². The molecule has 1 saturated carbocycles. The van der Waals surface area contributed by atoms with Crippen LogP contribution in [0.3, 0.4) is 0 Å². The maximum atomic E-state index is 13.0. The Morgan fingerprint density at radius 3 is 2.50 bits per heavy atom. The van der Waals surface area contributed by atoms with E-state index in [2.05, 4.69) is 6.08 Å². The van der Waals surface area contributed by atoms with Crippen molar-refractivity contribution in [1.82, 2.24) is 5.06 Å². The minimum atomic E-state index is -0.777. The second-order valence-electron chi connectivity index (χ2n) is 9.45. The molecule has 2 bridgehead atoms. The lowest BCUT2D eigenvalue weighted by molar-refractivity contribution is -0.436. The van der Waals surface area contributed by atoms with Gasteiger partial charge in [0.2, 0.25) is 5.78 Å². The molecule has 0 aromatic rings. The summed E-state index contributed by atoms with van der Waals surface area (Å²) in [6.45, 7) is 0.210. The van der Waals surface area contributed by atoms with E-state index in [1.807, 2.05) is 6.08 Å². The number of ketones is 3. The van der Waals surface area contributed by atoms with Gasteiger partial charge in [0.05, 0.1) is 6.61 Å². The summed E-state index contributed by atoms with van der Waals surface area (Å²) in [5.74, 6) is -0.944. The van der Waals surface area contributed by atoms with Gasteiger partial charge in [0.15, 0.2) is 5.78 Å². The van der Waals surface area contributed by atoms with E-state index in [-0.39, 0.29) is 24.1 Å². The molecule has 1 saturated heterocycles. The Labute approximate surface area is 190 Å². The molecular formula is C25H37NO6. The first-order valence-corrected chi connectivity index (χ1v) is 12.4. The molecule has 2 fully saturated rings. The number of hydrogen-bond acceptors (Lipinski definition) is 6. The van der Waals surface area contributed by atoms with Crippen LogP contribution in [-0.2, 0) is 29.1 Å². The van der Waals surface area contributed by atoms with E-state index in [1.54, 1.807) is 0 Å². The first-order valence-electron chi connectivity index (χ1n) is 12.4. The molecule has 7 nitrogen and oxygen atoms in total. The third-order valence-electron chi connectivity index (χ3n) is 6.95. The fourth-order valence-corrected chi connectivity index (χ4v) is 5.06. The largest absolute Gasteiger partial charge is 0.316 e. The Balaban J connectivity index is 1.66. The average Bonchev–Trinajstić information content (AvgIpc) is 2.81. The molecule has 32 heavy (non-hydrogen) atoms. The predicted octanol–water partition coefficient (Wildman–Crippen LogP) is 4.44. The van der Waals surface area contributed by atoms with E-state index >= 15 is 0 Å². The van der Waals surface area contributed by atoms with Crippen LogP contribution in [0, 0.1) is 11.8 Å². The number of carbonyl (C=O) groups is 4. The van der Waals surface area contributed by atoms with Crippen LogP contribution in [-0.4, -0.2) is 41.0 Å². The molecule has 2 heterocycles. The summed E-state index contributed by atoms with van der Waals surface area (Å²) in [7, 11) is 0. The van der Waals surface area contributed by atoms with Gasteiger partial charge in [0.25, 0.3) is 0 Å². The lowest BCUT2D eigenvalue weighted by atomic mass is 9.77. The number of hydrogen-bond donors (Lipinski definition) is 0. The van der Waals surface area contributed by atoms with E-state index in [4.69, 9.17) is 9.88 Å². The summed E-state index contributed by atoms with van der Waals surface area (Å²) >= 11 is 0. The molecule has 7 heteroatoms. The molecule has 3 aliphatic rings. The van der Waals surface area contributed by atoms with Crippen LogP contribution in [0.4, 0.5) is 0 Å². The maximum absolute atomic E-state index is 13.0. The van der Waals surface area contributed by atoms with Crippen molar-refractivity contribution in [2.75, 3.05) is 6.61 Å². The molecule has 0 radical (unpaired) electrons. The standard InChI is InChI=1S/C25H37NO6/c27-21-13-6-3-1-2-5-10-19-11-9-12-20(18-19)24(29)25(30)26-22(16-17-31-32-26)23(28)15-8-4-7-14-21/h3,6,19-20,22H,1-2,4-5,7-18H2. The molecule has 3 rings (SSSR count). The molecule has 1 aliphatic carbocycles. The summed E-state index contributed by atoms with van der Waals surface area (Å²) in [6.07, 6.45) is 15.6. The fourth-order valence-electron chi connectivity index (χ4n) is 5.06. The fraction of sp³-hybridized carbons (Fsp3) is 0.760. The van der Waals surface area contributed by atoms with Crippen molar-refractivity contribution in [1.29, 1.82) is 0 Å². The highest BCUT2D eigenvalue weighted by Crippen LogP contribution is 2.33. The van der Waals surface area contributed by atoms with Crippen LogP contribution in [0.2, 0.25) is 0 Å². The number of amides is 1. The number of hydroxylamine groups is 2. The Hall–Kier alpha value is -1.86. The molecule has 0 N–H and O–H groups in total. The lowest BCUT2D eigenvalue weighted by Gasteiger charge is -2.33. The van der Waals surface area contributed by atoms with Gasteiger partial charge in [0, 0.05) is 31.6 Å². The highest BCUT2D eigenvalue weighted by Gasteiger charge is 2.40. The van der Waals surface area contributed by atoms with Crippen LogP contribution in [0.15, 0.2) is 12.2 Å². The quantitative estimate of drug-likeness (QED) is 0.310. The SMILES string of the molecule is O=C1CC=CCCCCC2CCCC(C2)C(=O)C(=O)N2OOCCC2C(=O)CCCCC1. The van der Waals surface area contributed by atoms with Gasteiger partial charge in [-0.1, -0.05) is 44.3 Å². The number of carbonyl (C=O) groups excluding carboxylic acids is 4.